The molecular weight excluding hydrogens is 364 g/mol. The van der Waals surface area contributed by atoms with Gasteiger partial charge in [0.05, 0.1) is 12.0 Å². The van der Waals surface area contributed by atoms with Crippen molar-refractivity contribution in [2.75, 3.05) is 19.0 Å². The minimum absolute atomic E-state index is 0.0245. The fourth-order valence-corrected chi connectivity index (χ4v) is 3.34. The van der Waals surface area contributed by atoms with Gasteiger partial charge in [-0.25, -0.2) is 8.42 Å². The second kappa shape index (κ2) is 8.56. The normalized spacial score (nSPS) is 11.4. The van der Waals surface area contributed by atoms with Gasteiger partial charge in [-0.3, -0.25) is 9.59 Å². The van der Waals surface area contributed by atoms with Crippen molar-refractivity contribution < 1.29 is 22.7 Å². The topological polar surface area (TPSA) is 102 Å². The molecule has 0 bridgehead atoms. The molecule has 0 saturated heterocycles. The Bertz CT molecular complexity index is 856. The zero-order valence-corrected chi connectivity index (χ0v) is 14.9. The van der Waals surface area contributed by atoms with Crippen LogP contribution in [0.2, 0.25) is 0 Å². The molecular formula is C16H16N2O5S2. The van der Waals surface area contributed by atoms with E-state index in [0.29, 0.717) is 5.69 Å². The molecule has 0 aliphatic rings. The van der Waals surface area contributed by atoms with Crippen LogP contribution in [0.5, 0.6) is 0 Å². The van der Waals surface area contributed by atoms with Crippen molar-refractivity contribution in [3.05, 3.63) is 52.7 Å². The Morgan fingerprint density at radius 2 is 1.92 bits per heavy atom. The highest BCUT2D eigenvalue weighted by Crippen LogP contribution is 2.14. The first kappa shape index (κ1) is 18.8. The molecule has 0 fully saturated rings. The summed E-state index contributed by atoms with van der Waals surface area (Å²) in [6.45, 7) is -0.454. The van der Waals surface area contributed by atoms with Gasteiger partial charge >= 0.3 is 5.97 Å². The summed E-state index contributed by atoms with van der Waals surface area (Å²) in [5.41, 5.74) is 0.452. The van der Waals surface area contributed by atoms with Crippen LogP contribution in [0.3, 0.4) is 0 Å². The van der Waals surface area contributed by atoms with Crippen molar-refractivity contribution in [3.63, 3.8) is 0 Å². The predicted octanol–water partition coefficient (Wildman–Crippen LogP) is 1.85. The van der Waals surface area contributed by atoms with Crippen molar-refractivity contribution in [2.45, 2.75) is 4.90 Å². The van der Waals surface area contributed by atoms with Gasteiger partial charge in [-0.05, 0) is 41.8 Å². The SMILES string of the molecule is COC(=O)CNS(=O)(=O)c1ccc(NC(=O)/C=C/c2cccs2)cc1. The van der Waals surface area contributed by atoms with Crippen LogP contribution in [0.1, 0.15) is 4.88 Å². The van der Waals surface area contributed by atoms with Gasteiger partial charge in [-0.2, -0.15) is 4.72 Å². The highest BCUT2D eigenvalue weighted by atomic mass is 32.2. The fourth-order valence-electron chi connectivity index (χ4n) is 1.75. The third kappa shape index (κ3) is 5.82. The van der Waals surface area contributed by atoms with Crippen molar-refractivity contribution in [2.24, 2.45) is 0 Å². The van der Waals surface area contributed by atoms with E-state index in [2.05, 4.69) is 14.8 Å². The predicted molar refractivity (Wildman–Crippen MR) is 95.6 cm³/mol. The first-order valence-corrected chi connectivity index (χ1v) is 9.46. The van der Waals surface area contributed by atoms with E-state index in [0.717, 1.165) is 4.88 Å². The average Bonchev–Trinajstić information content (AvgIpc) is 3.12. The molecule has 0 aliphatic heterocycles. The van der Waals surface area contributed by atoms with Gasteiger partial charge in [-0.1, -0.05) is 6.07 Å². The second-order valence-electron chi connectivity index (χ2n) is 4.76. The summed E-state index contributed by atoms with van der Waals surface area (Å²) >= 11 is 1.51. The molecule has 2 rings (SSSR count). The van der Waals surface area contributed by atoms with Gasteiger partial charge in [0, 0.05) is 16.6 Å². The zero-order chi connectivity index (χ0) is 18.3. The van der Waals surface area contributed by atoms with Crippen LogP contribution in [-0.2, 0) is 24.3 Å². The number of esters is 1. The van der Waals surface area contributed by atoms with E-state index in [-0.39, 0.29) is 10.8 Å². The quantitative estimate of drug-likeness (QED) is 0.564. The van der Waals surface area contributed by atoms with E-state index in [1.807, 2.05) is 17.5 Å². The number of sulfonamides is 1. The third-order valence-corrected chi connectivity index (χ3v) is 5.26. The van der Waals surface area contributed by atoms with Crippen LogP contribution in [0, 0.1) is 0 Å². The van der Waals surface area contributed by atoms with Gasteiger partial charge in [0.1, 0.15) is 6.54 Å². The fraction of sp³-hybridized carbons (Fsp3) is 0.125. The molecule has 0 aliphatic carbocycles. The second-order valence-corrected chi connectivity index (χ2v) is 7.51. The van der Waals surface area contributed by atoms with Crippen LogP contribution in [0.4, 0.5) is 5.69 Å². The van der Waals surface area contributed by atoms with Gasteiger partial charge in [0.2, 0.25) is 15.9 Å². The summed E-state index contributed by atoms with van der Waals surface area (Å²) in [4.78, 5) is 23.8. The Morgan fingerprint density at radius 1 is 1.20 bits per heavy atom. The van der Waals surface area contributed by atoms with Crippen molar-refractivity contribution in [1.29, 1.82) is 0 Å². The summed E-state index contributed by atoms with van der Waals surface area (Å²) in [6, 6.07) is 9.36. The van der Waals surface area contributed by atoms with Crippen molar-refractivity contribution in [1.82, 2.24) is 4.72 Å². The molecule has 1 aromatic heterocycles. The first-order chi connectivity index (χ1) is 11.9. The molecule has 0 unspecified atom stereocenters. The van der Waals surface area contributed by atoms with E-state index in [1.54, 1.807) is 6.08 Å². The molecule has 2 aromatic rings. The summed E-state index contributed by atoms with van der Waals surface area (Å²) in [6.07, 6.45) is 3.09. The zero-order valence-electron chi connectivity index (χ0n) is 13.3. The summed E-state index contributed by atoms with van der Waals surface area (Å²) < 4.78 is 30.5. The lowest BCUT2D eigenvalue weighted by Gasteiger charge is -2.07. The molecule has 132 valence electrons. The molecule has 0 saturated carbocycles. The molecule has 1 heterocycles. The van der Waals surface area contributed by atoms with E-state index in [4.69, 9.17) is 0 Å². The van der Waals surface area contributed by atoms with Crippen molar-refractivity contribution >= 4 is 45.0 Å². The lowest BCUT2D eigenvalue weighted by Crippen LogP contribution is -2.30. The smallest absolute Gasteiger partial charge is 0.320 e. The van der Waals surface area contributed by atoms with Gasteiger partial charge < -0.3 is 10.1 Å². The molecule has 0 spiro atoms. The Kier molecular flexibility index (Phi) is 6.45. The Morgan fingerprint density at radius 3 is 2.52 bits per heavy atom. The third-order valence-electron chi connectivity index (χ3n) is 3.01. The number of hydrogen-bond acceptors (Lipinski definition) is 6. The highest BCUT2D eigenvalue weighted by molar-refractivity contribution is 7.89. The Balaban J connectivity index is 1.97. The Hall–Kier alpha value is -2.49. The Labute approximate surface area is 149 Å². The van der Waals surface area contributed by atoms with E-state index >= 15 is 0 Å². The van der Waals surface area contributed by atoms with Gasteiger partial charge in [0.15, 0.2) is 0 Å². The number of hydrogen-bond donors (Lipinski definition) is 2. The molecule has 2 N–H and O–H groups in total. The number of anilines is 1. The van der Waals surface area contributed by atoms with E-state index in [1.165, 1.54) is 48.8 Å². The number of methoxy groups -OCH3 is 1. The van der Waals surface area contributed by atoms with Crippen LogP contribution >= 0.6 is 11.3 Å². The largest absolute Gasteiger partial charge is 0.468 e. The molecule has 1 amide bonds. The molecule has 0 radical (unpaired) electrons. The standard InChI is InChI=1S/C16H16N2O5S2/c1-23-16(20)11-17-25(21,22)14-7-4-12(5-8-14)18-15(19)9-6-13-3-2-10-24-13/h2-10,17H,11H2,1H3,(H,18,19)/b9-6+. The number of carbonyl (C=O) groups is 2. The van der Waals surface area contributed by atoms with Crippen LogP contribution in [-0.4, -0.2) is 33.9 Å². The number of benzene rings is 1. The molecule has 7 nitrogen and oxygen atoms in total. The molecule has 9 heteroatoms. The summed E-state index contributed by atoms with van der Waals surface area (Å²) in [5.74, 6) is -1.02. The lowest BCUT2D eigenvalue weighted by molar-refractivity contribution is -0.139. The molecule has 25 heavy (non-hydrogen) atoms. The molecule has 0 atom stereocenters. The number of rotatable bonds is 7. The number of thiophene rings is 1. The van der Waals surface area contributed by atoms with E-state index < -0.39 is 22.5 Å². The first-order valence-electron chi connectivity index (χ1n) is 7.10. The maximum Gasteiger partial charge on any atom is 0.320 e. The maximum absolute atomic E-state index is 12.0. The van der Waals surface area contributed by atoms with Crippen LogP contribution in [0.25, 0.3) is 6.08 Å². The van der Waals surface area contributed by atoms with Crippen LogP contribution < -0.4 is 10.0 Å². The average molecular weight is 380 g/mol. The van der Waals surface area contributed by atoms with Gasteiger partial charge in [-0.15, -0.1) is 11.3 Å². The lowest BCUT2D eigenvalue weighted by atomic mass is 10.3. The monoisotopic (exact) mass is 380 g/mol. The van der Waals surface area contributed by atoms with E-state index in [9.17, 15) is 18.0 Å². The minimum Gasteiger partial charge on any atom is -0.468 e. The number of carbonyl (C=O) groups excluding carboxylic acids is 2. The maximum atomic E-state index is 12.0. The highest BCUT2D eigenvalue weighted by Gasteiger charge is 2.15. The number of nitrogens with one attached hydrogen (secondary N) is 2. The van der Waals surface area contributed by atoms with Crippen molar-refractivity contribution in [3.8, 4) is 0 Å². The molecule has 1 aromatic carbocycles. The van der Waals surface area contributed by atoms with Crippen LogP contribution in [0.15, 0.2) is 52.7 Å². The number of amides is 1. The summed E-state index contributed by atoms with van der Waals surface area (Å²) in [5, 5.41) is 4.54. The van der Waals surface area contributed by atoms with Gasteiger partial charge in [0.25, 0.3) is 0 Å². The number of ether oxygens (including phenoxy) is 1. The summed E-state index contributed by atoms with van der Waals surface area (Å²) in [7, 11) is -2.66. The minimum atomic E-state index is -3.83.